The van der Waals surface area contributed by atoms with Gasteiger partial charge in [-0.3, -0.25) is 14.5 Å². The third-order valence-electron chi connectivity index (χ3n) is 9.46. The van der Waals surface area contributed by atoms with E-state index in [1.54, 1.807) is 17.0 Å². The van der Waals surface area contributed by atoms with Gasteiger partial charge in [0, 0.05) is 6.04 Å². The van der Waals surface area contributed by atoms with Crippen LogP contribution in [0.25, 0.3) is 11.6 Å². The van der Waals surface area contributed by atoms with Gasteiger partial charge in [-0.1, -0.05) is 73.4 Å². The molecular weight excluding hydrogens is 501 g/mol. The molecule has 0 spiro atoms. The van der Waals surface area contributed by atoms with Crippen LogP contribution in [0.3, 0.4) is 0 Å². The summed E-state index contributed by atoms with van der Waals surface area (Å²) in [7, 11) is -0.966. The van der Waals surface area contributed by atoms with Crippen LogP contribution >= 0.6 is 0 Å². The number of fused-ring (bicyclic) bond motifs is 3. The molecule has 0 unspecified atom stereocenters. The lowest BCUT2D eigenvalue weighted by Gasteiger charge is -2.42. The van der Waals surface area contributed by atoms with Crippen LogP contribution in [0.1, 0.15) is 69.4 Å². The SMILES string of the molecule is CC1=C2[C@@H](CC/C(=C/c3cccc(O)c3)c3ccccc3)OB(O)C[C@@H]2[C@@H]2C(=O)N(C3CCCCC3)C(=O)[C@@H]2C1. The number of phenols is 1. The van der Waals surface area contributed by atoms with Crippen molar-refractivity contribution in [3.05, 3.63) is 76.9 Å². The molecule has 4 atom stereocenters. The Hall–Kier alpha value is -3.16. The third-order valence-corrected chi connectivity index (χ3v) is 9.46. The first-order valence-electron chi connectivity index (χ1n) is 14.9. The Kier molecular flexibility index (Phi) is 7.69. The number of aromatic hydroxyl groups is 1. The lowest BCUT2D eigenvalue weighted by atomic mass is 9.58. The first-order valence-corrected chi connectivity index (χ1v) is 14.9. The first-order chi connectivity index (χ1) is 19.4. The molecular formula is C33H38BNO5. The van der Waals surface area contributed by atoms with Crippen molar-refractivity contribution in [1.29, 1.82) is 0 Å². The molecule has 0 aromatic heterocycles. The highest BCUT2D eigenvalue weighted by Crippen LogP contribution is 2.51. The third kappa shape index (κ3) is 5.17. The molecule has 2 amide bonds. The minimum absolute atomic E-state index is 0.00163. The second-order valence-corrected chi connectivity index (χ2v) is 12.0. The maximum atomic E-state index is 13.8. The molecule has 0 bridgehead atoms. The molecule has 40 heavy (non-hydrogen) atoms. The Morgan fingerprint density at radius 3 is 2.55 bits per heavy atom. The highest BCUT2D eigenvalue weighted by molar-refractivity contribution is 6.43. The Morgan fingerprint density at radius 2 is 1.80 bits per heavy atom. The fraction of sp³-hybridized carbons (Fsp3) is 0.455. The van der Waals surface area contributed by atoms with Gasteiger partial charge < -0.3 is 14.8 Å². The van der Waals surface area contributed by atoms with Crippen molar-refractivity contribution in [1.82, 2.24) is 4.90 Å². The van der Waals surface area contributed by atoms with E-state index in [1.165, 1.54) is 6.42 Å². The monoisotopic (exact) mass is 539 g/mol. The molecule has 2 aromatic carbocycles. The number of hydrogen-bond donors (Lipinski definition) is 2. The number of carbonyl (C=O) groups is 2. The van der Waals surface area contributed by atoms with Crippen LogP contribution in [0.4, 0.5) is 0 Å². The number of amides is 2. The minimum atomic E-state index is -0.966. The number of rotatable bonds is 6. The number of nitrogens with zero attached hydrogens (tertiary/aromatic N) is 1. The number of phenolic OH excluding ortho intramolecular Hbond substituents is 1. The molecule has 3 fully saturated rings. The molecule has 208 valence electrons. The van der Waals surface area contributed by atoms with E-state index in [4.69, 9.17) is 4.65 Å². The summed E-state index contributed by atoms with van der Waals surface area (Å²) >= 11 is 0. The van der Waals surface area contributed by atoms with E-state index in [0.717, 1.165) is 53.5 Å². The Labute approximate surface area is 236 Å². The first kappa shape index (κ1) is 27.0. The summed E-state index contributed by atoms with van der Waals surface area (Å²) in [5, 5.41) is 20.8. The zero-order valence-electron chi connectivity index (χ0n) is 23.2. The van der Waals surface area contributed by atoms with Gasteiger partial charge in [0.25, 0.3) is 0 Å². The summed E-state index contributed by atoms with van der Waals surface area (Å²) in [6.45, 7) is 2.08. The fourth-order valence-electron chi connectivity index (χ4n) is 7.70. The van der Waals surface area contributed by atoms with E-state index in [9.17, 15) is 19.7 Å². The van der Waals surface area contributed by atoms with Crippen LogP contribution in [0.15, 0.2) is 65.7 Å². The summed E-state index contributed by atoms with van der Waals surface area (Å²) in [6, 6.07) is 17.4. The quantitative estimate of drug-likeness (QED) is 0.208. The topological polar surface area (TPSA) is 87.1 Å². The van der Waals surface area contributed by atoms with E-state index in [0.29, 0.717) is 25.6 Å². The van der Waals surface area contributed by atoms with Gasteiger partial charge in [0.05, 0.1) is 17.9 Å². The summed E-state index contributed by atoms with van der Waals surface area (Å²) in [5.74, 6) is -0.701. The minimum Gasteiger partial charge on any atom is -0.508 e. The van der Waals surface area contributed by atoms with Crippen molar-refractivity contribution >= 4 is 30.6 Å². The molecule has 4 aliphatic rings. The predicted molar refractivity (Wildman–Crippen MR) is 156 cm³/mol. The molecule has 1 saturated carbocycles. The Bertz CT molecular complexity index is 1330. The van der Waals surface area contributed by atoms with Crippen molar-refractivity contribution in [2.45, 2.75) is 76.8 Å². The van der Waals surface area contributed by atoms with Crippen LogP contribution < -0.4 is 0 Å². The van der Waals surface area contributed by atoms with Crippen LogP contribution in [0, 0.1) is 17.8 Å². The van der Waals surface area contributed by atoms with Crippen LogP contribution in [0.5, 0.6) is 5.75 Å². The van der Waals surface area contributed by atoms with Gasteiger partial charge in [-0.05, 0) is 85.7 Å². The number of benzene rings is 2. The largest absolute Gasteiger partial charge is 0.508 e. The summed E-state index contributed by atoms with van der Waals surface area (Å²) in [6.07, 6.45) is 9.16. The standard InChI is InChI=1S/C33H38BNO5/c1-21-17-27-31(33(38)35(32(27)37)25-12-6-3-7-13-25)28-20-34(39)40-29(30(21)28)16-15-24(23-10-4-2-5-11-23)18-22-9-8-14-26(36)19-22/h2,4-5,8-11,14,18-19,25,27-29,31,36,39H,3,6-7,12-13,15-17,20H2,1H3/b24-18-/t27-,28+,29-,31-/m1/s1. The normalized spacial score (nSPS) is 27.7. The van der Waals surface area contributed by atoms with Crippen molar-refractivity contribution in [2.24, 2.45) is 17.8 Å². The second-order valence-electron chi connectivity index (χ2n) is 12.0. The Balaban J connectivity index is 1.27. The molecule has 2 aromatic rings. The van der Waals surface area contributed by atoms with Gasteiger partial charge in [0.1, 0.15) is 5.75 Å². The van der Waals surface area contributed by atoms with Crippen LogP contribution in [0.2, 0.25) is 6.32 Å². The average Bonchev–Trinajstić information content (AvgIpc) is 3.20. The molecule has 2 heterocycles. The maximum absolute atomic E-state index is 13.8. The van der Waals surface area contributed by atoms with Gasteiger partial charge >= 0.3 is 7.12 Å². The maximum Gasteiger partial charge on any atom is 0.455 e. The fourth-order valence-corrected chi connectivity index (χ4v) is 7.70. The van der Waals surface area contributed by atoms with Crippen molar-refractivity contribution in [3.63, 3.8) is 0 Å². The summed E-state index contributed by atoms with van der Waals surface area (Å²) < 4.78 is 6.16. The molecule has 2 aliphatic heterocycles. The zero-order valence-corrected chi connectivity index (χ0v) is 23.2. The lowest BCUT2D eigenvalue weighted by molar-refractivity contribution is -0.143. The van der Waals surface area contributed by atoms with Gasteiger partial charge in [0.2, 0.25) is 11.8 Å². The molecule has 0 radical (unpaired) electrons. The van der Waals surface area contributed by atoms with Crippen LogP contribution in [-0.2, 0) is 14.2 Å². The molecule has 2 N–H and O–H groups in total. The van der Waals surface area contributed by atoms with Crippen molar-refractivity contribution in [3.8, 4) is 5.75 Å². The van der Waals surface area contributed by atoms with Crippen molar-refractivity contribution < 1.29 is 24.4 Å². The van der Waals surface area contributed by atoms with Gasteiger partial charge in [-0.25, -0.2) is 0 Å². The van der Waals surface area contributed by atoms with E-state index in [-0.39, 0.29) is 41.5 Å². The van der Waals surface area contributed by atoms with Gasteiger partial charge in [-0.15, -0.1) is 0 Å². The number of imide groups is 1. The average molecular weight is 539 g/mol. The van der Waals surface area contributed by atoms with E-state index in [2.05, 4.69) is 25.1 Å². The summed E-state index contributed by atoms with van der Waals surface area (Å²) in [5.41, 5.74) is 5.35. The second kappa shape index (κ2) is 11.4. The highest BCUT2D eigenvalue weighted by atomic mass is 16.5. The number of carbonyl (C=O) groups excluding carboxylic acids is 2. The highest BCUT2D eigenvalue weighted by Gasteiger charge is 2.57. The predicted octanol–water partition coefficient (Wildman–Crippen LogP) is 5.86. The van der Waals surface area contributed by atoms with E-state index in [1.807, 2.05) is 30.3 Å². The number of hydrogen-bond acceptors (Lipinski definition) is 5. The van der Waals surface area contributed by atoms with Gasteiger partial charge in [-0.2, -0.15) is 0 Å². The molecule has 7 heteroatoms. The Morgan fingerprint density at radius 1 is 1.02 bits per heavy atom. The molecule has 2 aliphatic carbocycles. The molecule has 6 nitrogen and oxygen atoms in total. The van der Waals surface area contributed by atoms with E-state index >= 15 is 0 Å². The lowest BCUT2D eigenvalue weighted by Crippen LogP contribution is -2.46. The zero-order chi connectivity index (χ0) is 27.8. The van der Waals surface area contributed by atoms with Gasteiger partial charge in [0.15, 0.2) is 0 Å². The number of allylic oxidation sites excluding steroid dienone is 2. The smallest absolute Gasteiger partial charge is 0.455 e. The number of likely N-dealkylation sites (tertiary alicyclic amines) is 1. The summed E-state index contributed by atoms with van der Waals surface area (Å²) in [4.78, 5) is 29.0. The molecule has 2 saturated heterocycles. The van der Waals surface area contributed by atoms with Crippen molar-refractivity contribution in [2.75, 3.05) is 0 Å². The van der Waals surface area contributed by atoms with Crippen LogP contribution in [-0.4, -0.2) is 46.1 Å². The van der Waals surface area contributed by atoms with E-state index < -0.39 is 13.0 Å². The molecule has 6 rings (SSSR count).